The summed E-state index contributed by atoms with van der Waals surface area (Å²) in [6.07, 6.45) is 4.25. The van der Waals surface area contributed by atoms with Crippen LogP contribution in [0.2, 0.25) is 0 Å². The molecular formula is C53H58N4O. The number of ether oxygens (including phenoxy) is 1. The Morgan fingerprint density at radius 3 is 1.95 bits per heavy atom. The zero-order valence-corrected chi connectivity index (χ0v) is 36.2. The van der Waals surface area contributed by atoms with E-state index in [1.54, 1.807) is 0 Å². The maximum absolute atomic E-state index is 6.89. The Morgan fingerprint density at radius 2 is 1.22 bits per heavy atom. The minimum absolute atomic E-state index is 0.00909. The first kappa shape index (κ1) is 39.0. The second kappa shape index (κ2) is 14.2. The molecule has 0 spiro atoms. The lowest BCUT2D eigenvalue weighted by Crippen LogP contribution is -2.31. The third-order valence-electron chi connectivity index (χ3n) is 11.8. The Hall–Kier alpha value is -5.81. The molecule has 0 atom stereocenters. The smallest absolute Gasteiger partial charge is 0.137 e. The van der Waals surface area contributed by atoms with Gasteiger partial charge in [-0.15, -0.1) is 0 Å². The molecule has 5 aromatic carbocycles. The van der Waals surface area contributed by atoms with Gasteiger partial charge in [-0.05, 0) is 81.6 Å². The van der Waals surface area contributed by atoms with Crippen molar-refractivity contribution in [1.29, 1.82) is 0 Å². The third-order valence-corrected chi connectivity index (χ3v) is 11.8. The normalized spacial score (nSPS) is 14.1. The number of pyridine rings is 1. The van der Waals surface area contributed by atoms with Gasteiger partial charge < -0.3 is 14.5 Å². The lowest BCUT2D eigenvalue weighted by molar-refractivity contribution is 0.480. The maximum atomic E-state index is 6.89. The van der Waals surface area contributed by atoms with E-state index < -0.39 is 0 Å². The quantitative estimate of drug-likeness (QED) is 0.162. The Labute approximate surface area is 345 Å². The lowest BCUT2D eigenvalue weighted by atomic mass is 9.78. The summed E-state index contributed by atoms with van der Waals surface area (Å²) in [6.45, 7) is 25.8. The van der Waals surface area contributed by atoms with Gasteiger partial charge >= 0.3 is 0 Å². The number of hydrogen-bond acceptors (Lipinski definition) is 4. The highest BCUT2D eigenvalue weighted by atomic mass is 16.5. The van der Waals surface area contributed by atoms with Crippen molar-refractivity contribution in [1.82, 2.24) is 9.55 Å². The fourth-order valence-corrected chi connectivity index (χ4v) is 8.38. The van der Waals surface area contributed by atoms with E-state index in [0.29, 0.717) is 6.67 Å². The molecule has 7 aromatic rings. The van der Waals surface area contributed by atoms with Gasteiger partial charge in [-0.3, -0.25) is 4.57 Å². The number of benzene rings is 5. The molecular weight excluding hydrogens is 709 g/mol. The predicted molar refractivity (Wildman–Crippen MR) is 245 cm³/mol. The van der Waals surface area contributed by atoms with Crippen molar-refractivity contribution < 1.29 is 4.74 Å². The van der Waals surface area contributed by atoms with E-state index in [2.05, 4.69) is 224 Å². The molecule has 0 saturated carbocycles. The van der Waals surface area contributed by atoms with Gasteiger partial charge in [0.15, 0.2) is 0 Å². The van der Waals surface area contributed by atoms with E-state index in [9.17, 15) is 0 Å². The van der Waals surface area contributed by atoms with Crippen LogP contribution >= 0.6 is 0 Å². The first-order chi connectivity index (χ1) is 27.4. The summed E-state index contributed by atoms with van der Waals surface area (Å²) < 4.78 is 9.21. The Kier molecular flexibility index (Phi) is 9.58. The maximum Gasteiger partial charge on any atom is 0.137 e. The van der Waals surface area contributed by atoms with E-state index in [1.807, 2.05) is 6.20 Å². The van der Waals surface area contributed by atoms with Gasteiger partial charge in [-0.2, -0.15) is 0 Å². The largest absolute Gasteiger partial charge is 0.457 e. The second-order valence-electron chi connectivity index (χ2n) is 19.6. The van der Waals surface area contributed by atoms with Gasteiger partial charge in [0.25, 0.3) is 0 Å². The average molecular weight is 767 g/mol. The number of para-hydroxylation sites is 1. The second-order valence-corrected chi connectivity index (χ2v) is 19.6. The van der Waals surface area contributed by atoms with Crippen LogP contribution in [0.25, 0.3) is 27.6 Å². The lowest BCUT2D eigenvalue weighted by Gasteiger charge is -2.32. The minimum Gasteiger partial charge on any atom is -0.457 e. The first-order valence-corrected chi connectivity index (χ1v) is 20.6. The van der Waals surface area contributed by atoms with Crippen LogP contribution in [0, 0.1) is 5.41 Å². The molecule has 0 aliphatic carbocycles. The number of nitrogens with zero attached hydrogens (tertiary/aromatic N) is 4. The number of hydrogen-bond donors (Lipinski definition) is 0. The summed E-state index contributed by atoms with van der Waals surface area (Å²) in [5, 5.41) is 2.45. The van der Waals surface area contributed by atoms with Crippen molar-refractivity contribution in [2.45, 2.75) is 92.4 Å². The van der Waals surface area contributed by atoms with Crippen LogP contribution in [0.5, 0.6) is 11.5 Å². The van der Waals surface area contributed by atoms with Gasteiger partial charge in [0, 0.05) is 63.2 Å². The Bertz CT molecular complexity index is 2660. The number of fused-ring (bicyclic) bond motifs is 3. The van der Waals surface area contributed by atoms with Crippen molar-refractivity contribution in [2.75, 3.05) is 16.5 Å². The summed E-state index contributed by atoms with van der Waals surface area (Å²) in [6, 6.07) is 45.9. The van der Waals surface area contributed by atoms with Gasteiger partial charge in [-0.1, -0.05) is 143 Å². The van der Waals surface area contributed by atoms with Crippen LogP contribution in [0.4, 0.5) is 11.4 Å². The fourth-order valence-electron chi connectivity index (χ4n) is 8.38. The molecule has 58 heavy (non-hydrogen) atoms. The van der Waals surface area contributed by atoms with Crippen LogP contribution in [-0.4, -0.2) is 16.2 Å². The molecule has 5 nitrogen and oxygen atoms in total. The van der Waals surface area contributed by atoms with Gasteiger partial charge in [0.1, 0.15) is 17.3 Å². The van der Waals surface area contributed by atoms with Crippen molar-refractivity contribution in [3.63, 3.8) is 0 Å². The van der Waals surface area contributed by atoms with E-state index in [4.69, 9.17) is 9.72 Å². The molecule has 0 unspecified atom stereocenters. The third kappa shape index (κ3) is 7.28. The van der Waals surface area contributed by atoms with E-state index in [0.717, 1.165) is 34.0 Å². The first-order valence-electron chi connectivity index (χ1n) is 20.6. The summed E-state index contributed by atoms with van der Waals surface area (Å²) in [5.74, 6) is 2.51. The highest BCUT2D eigenvalue weighted by Gasteiger charge is 2.33. The number of allylic oxidation sites excluding steroid dienone is 1. The topological polar surface area (TPSA) is 33.5 Å². The van der Waals surface area contributed by atoms with Crippen LogP contribution in [-0.2, 0) is 16.2 Å². The van der Waals surface area contributed by atoms with Gasteiger partial charge in [0.2, 0.25) is 0 Å². The van der Waals surface area contributed by atoms with Crippen LogP contribution < -0.4 is 14.5 Å². The number of anilines is 2. The molecule has 0 bridgehead atoms. The molecule has 3 heterocycles. The molecule has 0 amide bonds. The monoisotopic (exact) mass is 766 g/mol. The molecule has 1 aliphatic heterocycles. The molecule has 5 heteroatoms. The molecule has 1 aliphatic rings. The molecule has 0 N–H and O–H groups in total. The van der Waals surface area contributed by atoms with Crippen molar-refractivity contribution >= 4 is 33.2 Å². The zero-order valence-electron chi connectivity index (χ0n) is 36.2. The SMILES string of the molecule is CC(C)(C)C1=CN(c2cccc(Oc3cc(C(C)(C)C)c4c5ccccc5n(-c5cc(C(C)(C)C)ccn5)c4c3)c2)CN1c1cccc(C(C)(C)c2ccccc2)c1. The molecule has 0 saturated heterocycles. The molecule has 0 radical (unpaired) electrons. The van der Waals surface area contributed by atoms with Gasteiger partial charge in [-0.25, -0.2) is 4.98 Å². The Balaban J connectivity index is 1.17. The van der Waals surface area contributed by atoms with E-state index >= 15 is 0 Å². The minimum atomic E-state index is -0.143. The van der Waals surface area contributed by atoms with Crippen molar-refractivity contribution in [3.8, 4) is 17.3 Å². The highest BCUT2D eigenvalue weighted by molar-refractivity contribution is 6.11. The molecule has 296 valence electrons. The van der Waals surface area contributed by atoms with E-state index in [-0.39, 0.29) is 21.7 Å². The summed E-state index contributed by atoms with van der Waals surface area (Å²) in [4.78, 5) is 9.75. The average Bonchev–Trinajstić information content (AvgIpc) is 3.79. The zero-order chi connectivity index (χ0) is 41.2. The summed E-state index contributed by atoms with van der Waals surface area (Å²) in [7, 11) is 0. The Morgan fingerprint density at radius 1 is 0.534 bits per heavy atom. The molecule has 0 fully saturated rings. The number of rotatable bonds is 7. The summed E-state index contributed by atoms with van der Waals surface area (Å²) >= 11 is 0. The standard InChI is InChI=1S/C53H58N4O/c1-50(2,3)37-27-28-54-48(30-37)57-45-26-16-15-25-43(45)49-44(51(4,5)6)32-42(33-46(49)57)58-41-24-18-22-39(31-41)55-34-47(52(7,8)9)56(35-55)40-23-17-21-38(29-40)53(10,11)36-19-13-12-14-20-36/h12-34H,35H2,1-11H3. The molecule has 2 aromatic heterocycles. The fraction of sp³-hybridized carbons (Fsp3) is 0.302. The van der Waals surface area contributed by atoms with Crippen LogP contribution in [0.1, 0.15) is 98.4 Å². The van der Waals surface area contributed by atoms with E-state index in [1.165, 1.54) is 44.4 Å². The molecule has 8 rings (SSSR count). The highest BCUT2D eigenvalue weighted by Crippen LogP contribution is 2.44. The van der Waals surface area contributed by atoms with Crippen LogP contribution in [0.15, 0.2) is 145 Å². The summed E-state index contributed by atoms with van der Waals surface area (Å²) in [5.41, 5.74) is 10.5. The predicted octanol–water partition coefficient (Wildman–Crippen LogP) is 14.1. The van der Waals surface area contributed by atoms with Gasteiger partial charge in [0.05, 0.1) is 17.7 Å². The van der Waals surface area contributed by atoms with Crippen molar-refractivity contribution in [2.24, 2.45) is 5.41 Å². The number of aromatic nitrogens is 2. The van der Waals surface area contributed by atoms with Crippen LogP contribution in [0.3, 0.4) is 0 Å². The van der Waals surface area contributed by atoms with Crippen molar-refractivity contribution in [3.05, 3.63) is 168 Å².